The first kappa shape index (κ1) is 11.3. The lowest BCUT2D eigenvalue weighted by Crippen LogP contribution is -2.20. The average Bonchev–Trinajstić information content (AvgIpc) is 3.04. The molecule has 0 amide bonds. The molecule has 0 saturated heterocycles. The molecular weight excluding hydrogens is 206 g/mol. The summed E-state index contributed by atoms with van der Waals surface area (Å²) < 4.78 is 0. The Morgan fingerprint density at radius 2 is 1.88 bits per heavy atom. The van der Waals surface area contributed by atoms with E-state index in [1.165, 1.54) is 38.6 Å². The van der Waals surface area contributed by atoms with Gasteiger partial charge in [0, 0.05) is 0 Å². The summed E-state index contributed by atoms with van der Waals surface area (Å²) in [5, 5.41) is 3.34. The fourth-order valence-corrected chi connectivity index (χ4v) is 3.83. The van der Waals surface area contributed by atoms with Crippen LogP contribution in [0.2, 0.25) is 0 Å². The largest absolute Gasteiger partial charge is 0.319 e. The average molecular weight is 229 g/mol. The van der Waals surface area contributed by atoms with E-state index >= 15 is 0 Å². The van der Waals surface area contributed by atoms with Crippen LogP contribution in [0.3, 0.4) is 0 Å². The molecule has 0 radical (unpaired) electrons. The fourth-order valence-electron chi connectivity index (χ4n) is 3.83. The second-order valence-corrected chi connectivity index (χ2v) is 6.01. The lowest BCUT2D eigenvalue weighted by Gasteiger charge is -2.30. The summed E-state index contributed by atoms with van der Waals surface area (Å²) in [5.41, 5.74) is 2.31. The zero-order valence-electron chi connectivity index (χ0n) is 10.8. The molecule has 3 rings (SSSR count). The third kappa shape index (κ3) is 2.13. The van der Waals surface area contributed by atoms with Gasteiger partial charge in [0.1, 0.15) is 0 Å². The summed E-state index contributed by atoms with van der Waals surface area (Å²) in [6, 6.07) is 11.1. The maximum atomic E-state index is 3.34. The van der Waals surface area contributed by atoms with Crippen LogP contribution >= 0.6 is 0 Å². The van der Waals surface area contributed by atoms with Crippen molar-refractivity contribution in [3.05, 3.63) is 35.9 Å². The normalized spacial score (nSPS) is 36.1. The van der Waals surface area contributed by atoms with E-state index in [1.807, 2.05) is 0 Å². The first-order chi connectivity index (χ1) is 8.34. The minimum absolute atomic E-state index is 0.744. The highest BCUT2D eigenvalue weighted by Gasteiger charge is 2.54. The number of hydrogen-bond donors (Lipinski definition) is 1. The molecule has 2 aliphatic rings. The molecule has 0 bridgehead atoms. The topological polar surface area (TPSA) is 12.0 Å². The van der Waals surface area contributed by atoms with Crippen LogP contribution in [0.4, 0.5) is 0 Å². The Morgan fingerprint density at radius 1 is 1.18 bits per heavy atom. The number of benzene rings is 1. The van der Waals surface area contributed by atoms with Crippen LogP contribution in [0.1, 0.15) is 43.6 Å². The van der Waals surface area contributed by atoms with Gasteiger partial charge in [-0.25, -0.2) is 0 Å². The minimum Gasteiger partial charge on any atom is -0.319 e. The first-order valence-electron chi connectivity index (χ1n) is 7.04. The highest BCUT2D eigenvalue weighted by molar-refractivity contribution is 5.21. The number of rotatable bonds is 3. The van der Waals surface area contributed by atoms with E-state index in [9.17, 15) is 0 Å². The van der Waals surface area contributed by atoms with E-state index in [0.717, 1.165) is 17.3 Å². The van der Waals surface area contributed by atoms with Crippen LogP contribution in [-0.4, -0.2) is 13.6 Å². The molecule has 0 aromatic heterocycles. The van der Waals surface area contributed by atoms with E-state index in [0.29, 0.717) is 0 Å². The van der Waals surface area contributed by atoms with Gasteiger partial charge in [-0.3, -0.25) is 0 Å². The van der Waals surface area contributed by atoms with Gasteiger partial charge >= 0.3 is 0 Å². The third-order valence-corrected chi connectivity index (χ3v) is 5.06. The van der Waals surface area contributed by atoms with Crippen molar-refractivity contribution in [2.24, 2.45) is 11.3 Å². The Balaban J connectivity index is 1.59. The zero-order chi connectivity index (χ0) is 11.7. The molecule has 1 heteroatoms. The predicted molar refractivity (Wildman–Crippen MR) is 72.1 cm³/mol. The molecule has 2 saturated carbocycles. The summed E-state index contributed by atoms with van der Waals surface area (Å²) in [4.78, 5) is 0. The van der Waals surface area contributed by atoms with Crippen molar-refractivity contribution in [2.75, 3.05) is 13.6 Å². The van der Waals surface area contributed by atoms with Crippen molar-refractivity contribution >= 4 is 0 Å². The van der Waals surface area contributed by atoms with E-state index in [1.54, 1.807) is 5.56 Å². The molecule has 17 heavy (non-hydrogen) atoms. The van der Waals surface area contributed by atoms with Crippen molar-refractivity contribution < 1.29 is 0 Å². The van der Waals surface area contributed by atoms with Gasteiger partial charge in [0.25, 0.3) is 0 Å². The smallest absolute Gasteiger partial charge is 0.00180 e. The Kier molecular flexibility index (Phi) is 2.96. The van der Waals surface area contributed by atoms with Crippen LogP contribution in [0.15, 0.2) is 30.3 Å². The van der Waals surface area contributed by atoms with Gasteiger partial charge in [-0.15, -0.1) is 0 Å². The monoisotopic (exact) mass is 229 g/mol. The van der Waals surface area contributed by atoms with Crippen LogP contribution < -0.4 is 5.32 Å². The molecule has 0 heterocycles. The number of nitrogens with one attached hydrogen (secondary N) is 1. The molecule has 1 aromatic carbocycles. The molecule has 0 aliphatic heterocycles. The van der Waals surface area contributed by atoms with E-state index in [-0.39, 0.29) is 0 Å². The van der Waals surface area contributed by atoms with E-state index in [4.69, 9.17) is 0 Å². The zero-order valence-corrected chi connectivity index (χ0v) is 10.8. The summed E-state index contributed by atoms with van der Waals surface area (Å²) >= 11 is 0. The summed E-state index contributed by atoms with van der Waals surface area (Å²) in [6.07, 6.45) is 7.21. The van der Waals surface area contributed by atoms with Gasteiger partial charge in [0.15, 0.2) is 0 Å². The van der Waals surface area contributed by atoms with Crippen LogP contribution in [0.5, 0.6) is 0 Å². The van der Waals surface area contributed by atoms with Crippen molar-refractivity contribution in [1.29, 1.82) is 0 Å². The van der Waals surface area contributed by atoms with Crippen LogP contribution in [-0.2, 0) is 0 Å². The Morgan fingerprint density at radius 3 is 2.53 bits per heavy atom. The molecular formula is C16H23N. The Hall–Kier alpha value is -0.820. The summed E-state index contributed by atoms with van der Waals surface area (Å²) in [5.74, 6) is 1.81. The predicted octanol–water partition coefficient (Wildman–Crippen LogP) is 3.57. The van der Waals surface area contributed by atoms with Gasteiger partial charge in [-0.1, -0.05) is 30.3 Å². The fraction of sp³-hybridized carbons (Fsp3) is 0.625. The summed E-state index contributed by atoms with van der Waals surface area (Å²) in [6.45, 7) is 1.23. The lowest BCUT2D eigenvalue weighted by atomic mass is 9.76. The summed E-state index contributed by atoms with van der Waals surface area (Å²) in [7, 11) is 2.08. The van der Waals surface area contributed by atoms with Gasteiger partial charge in [0.2, 0.25) is 0 Å². The molecule has 1 aromatic rings. The maximum absolute atomic E-state index is 3.34. The maximum Gasteiger partial charge on any atom is -0.00180 e. The van der Waals surface area contributed by atoms with E-state index < -0.39 is 0 Å². The standard InChI is InChI=1S/C16H23N/c1-17-12-15-11-16(15)9-7-14(8-10-16)13-5-3-2-4-6-13/h2-6,14-15,17H,7-12H2,1H3. The first-order valence-corrected chi connectivity index (χ1v) is 7.04. The number of hydrogen-bond acceptors (Lipinski definition) is 1. The van der Waals surface area contributed by atoms with Gasteiger partial charge in [-0.05, 0) is 68.5 Å². The highest BCUT2D eigenvalue weighted by atomic mass is 14.8. The molecule has 1 spiro atoms. The highest BCUT2D eigenvalue weighted by Crippen LogP contribution is 2.62. The van der Waals surface area contributed by atoms with Crippen molar-refractivity contribution in [3.63, 3.8) is 0 Å². The Bertz CT molecular complexity index is 362. The second kappa shape index (κ2) is 4.45. The lowest BCUT2D eigenvalue weighted by molar-refractivity contribution is 0.280. The quantitative estimate of drug-likeness (QED) is 0.835. The van der Waals surface area contributed by atoms with Crippen molar-refractivity contribution in [3.8, 4) is 0 Å². The van der Waals surface area contributed by atoms with Gasteiger partial charge < -0.3 is 5.32 Å². The van der Waals surface area contributed by atoms with Crippen molar-refractivity contribution in [1.82, 2.24) is 5.32 Å². The van der Waals surface area contributed by atoms with Crippen LogP contribution in [0, 0.1) is 11.3 Å². The molecule has 2 fully saturated rings. The molecule has 1 unspecified atom stereocenters. The molecule has 2 aliphatic carbocycles. The molecule has 1 nitrogen and oxygen atoms in total. The SMILES string of the molecule is CNCC1CC12CCC(c1ccccc1)CC2. The molecule has 1 atom stereocenters. The molecule has 1 N–H and O–H groups in total. The van der Waals surface area contributed by atoms with Crippen molar-refractivity contribution in [2.45, 2.75) is 38.0 Å². The molecule has 92 valence electrons. The minimum atomic E-state index is 0.744. The van der Waals surface area contributed by atoms with Crippen LogP contribution in [0.25, 0.3) is 0 Å². The second-order valence-electron chi connectivity index (χ2n) is 6.01. The Labute approximate surface area is 105 Å². The van der Waals surface area contributed by atoms with E-state index in [2.05, 4.69) is 42.7 Å². The third-order valence-electron chi connectivity index (χ3n) is 5.06. The van der Waals surface area contributed by atoms with Gasteiger partial charge in [0.05, 0.1) is 0 Å². The van der Waals surface area contributed by atoms with Gasteiger partial charge in [-0.2, -0.15) is 0 Å².